The topological polar surface area (TPSA) is 195 Å². The zero-order valence-corrected chi connectivity index (χ0v) is 33.4. The van der Waals surface area contributed by atoms with Crippen LogP contribution < -0.4 is 31.9 Å². The van der Waals surface area contributed by atoms with E-state index in [0.29, 0.717) is 28.9 Å². The zero-order chi connectivity index (χ0) is 42.7. The largest absolute Gasteiger partial charge is 0.480 e. The van der Waals surface area contributed by atoms with Gasteiger partial charge in [-0.1, -0.05) is 115 Å². The molecule has 0 saturated heterocycles. The number of fused-ring (bicyclic) bond motifs is 19. The fraction of sp³-hybridized carbons (Fsp3) is 0.250. The molecule has 0 radical (unpaired) electrons. The Bertz CT molecular complexity index is 2360. The van der Waals surface area contributed by atoms with Crippen molar-refractivity contribution in [2.75, 3.05) is 17.2 Å². The molecule has 2 bridgehead atoms. The molecule has 0 spiro atoms. The smallest absolute Gasteiger partial charge is 0.326 e. The Hall–Kier alpha value is -7.28. The monoisotopic (exact) mass is 820 g/mol. The van der Waals surface area contributed by atoms with Crippen molar-refractivity contribution in [2.45, 2.75) is 68.6 Å². The fourth-order valence-corrected chi connectivity index (χ4v) is 7.75. The molecule has 0 saturated carbocycles. The number of hydrogen-bond donors (Lipinski definition) is 7. The van der Waals surface area contributed by atoms with Crippen molar-refractivity contribution >= 4 is 46.9 Å². The van der Waals surface area contributed by atoms with Crippen LogP contribution in [0.5, 0.6) is 0 Å². The first kappa shape index (κ1) is 41.9. The molecule has 13 heteroatoms. The lowest BCUT2D eigenvalue weighted by Gasteiger charge is -2.27. The van der Waals surface area contributed by atoms with E-state index in [1.54, 1.807) is 48.5 Å². The molecule has 7 N–H and O–H groups in total. The minimum absolute atomic E-state index is 0.0224. The third-order valence-corrected chi connectivity index (χ3v) is 11.0. The van der Waals surface area contributed by atoms with Crippen molar-refractivity contribution in [2.24, 2.45) is 0 Å². The van der Waals surface area contributed by atoms with Gasteiger partial charge < -0.3 is 37.0 Å². The van der Waals surface area contributed by atoms with Crippen LogP contribution in [0.2, 0.25) is 0 Å². The number of aliphatic carboxylic acids is 1. The summed E-state index contributed by atoms with van der Waals surface area (Å²) < 4.78 is 0. The van der Waals surface area contributed by atoms with Gasteiger partial charge in [-0.05, 0) is 58.0 Å². The van der Waals surface area contributed by atoms with Crippen LogP contribution in [0.25, 0.3) is 11.1 Å². The van der Waals surface area contributed by atoms with E-state index in [9.17, 15) is 33.9 Å². The highest BCUT2D eigenvalue weighted by Gasteiger charge is 2.34. The van der Waals surface area contributed by atoms with E-state index >= 15 is 0 Å². The van der Waals surface area contributed by atoms with Crippen LogP contribution in [0.1, 0.15) is 47.4 Å². The summed E-state index contributed by atoms with van der Waals surface area (Å²) in [7, 11) is 0. The second-order valence-electron chi connectivity index (χ2n) is 15.4. The number of para-hydroxylation sites is 1. The molecule has 5 aromatic rings. The molecule has 61 heavy (non-hydrogen) atoms. The summed E-state index contributed by atoms with van der Waals surface area (Å²) >= 11 is 0. The van der Waals surface area contributed by atoms with Gasteiger partial charge in [-0.15, -0.1) is 0 Å². The maximum Gasteiger partial charge on any atom is 0.326 e. The van der Waals surface area contributed by atoms with Gasteiger partial charge in [0.05, 0.1) is 0 Å². The van der Waals surface area contributed by atoms with E-state index in [0.717, 1.165) is 22.4 Å². The van der Waals surface area contributed by atoms with E-state index in [4.69, 9.17) is 0 Å². The Balaban J connectivity index is 1.22. The number of hydrogen-bond acceptors (Lipinski definition) is 7. The lowest BCUT2D eigenvalue weighted by molar-refractivity contribution is -0.142. The molecule has 3 heterocycles. The van der Waals surface area contributed by atoms with Gasteiger partial charge in [-0.25, -0.2) is 4.79 Å². The molecule has 5 aromatic carbocycles. The average Bonchev–Trinajstić information content (AvgIpc) is 3.68. The number of anilines is 2. The molecule has 0 fully saturated rings. The first-order valence-electron chi connectivity index (χ1n) is 20.4. The van der Waals surface area contributed by atoms with Crippen LogP contribution in [0, 0.1) is 0 Å². The third kappa shape index (κ3) is 11.3. The molecule has 0 aliphatic carbocycles. The zero-order valence-electron chi connectivity index (χ0n) is 33.4. The van der Waals surface area contributed by atoms with Crippen molar-refractivity contribution in [1.82, 2.24) is 21.3 Å². The number of amides is 5. The summed E-state index contributed by atoms with van der Waals surface area (Å²) in [6.45, 7) is 0.519. The standard InChI is InChI=1S/C48H48N6O7/c55-43-23-24-44(56)51-41(28-35-29-49-38-14-8-7-13-37(35)38)47(59)53-40(26-31-15-19-34(20-16-31)33-11-5-2-6-12-33)45(57)52-39(25-30-9-3-1-4-10-30)46(58)54-42(48(60)61)27-32-17-21-36(50-43)22-18-32/h1-22,35,39-42,49H,23-29H2,(H,50,55)(H,51,56)(H,52,57)(H,53,59)(H,54,58)(H,60,61)/t35?,39-,40+,41-,42+/m1/s1. The Morgan fingerprint density at radius 1 is 0.557 bits per heavy atom. The lowest BCUT2D eigenvalue weighted by Crippen LogP contribution is -2.59. The van der Waals surface area contributed by atoms with Gasteiger partial charge in [-0.2, -0.15) is 0 Å². The number of benzene rings is 5. The van der Waals surface area contributed by atoms with Crippen molar-refractivity contribution in [1.29, 1.82) is 0 Å². The maximum absolute atomic E-state index is 14.6. The SMILES string of the molecule is O=C1CCC(=O)N[C@H](CC2CNc3ccccc32)C(=O)N[C@@H](Cc2ccc(-c3ccccc3)cc2)C(=O)N[C@H](Cc2ccccc2)C(=O)N[C@H](C(=O)O)Cc2ccc(cc2)N1. The summed E-state index contributed by atoms with van der Waals surface area (Å²) in [4.78, 5) is 82.1. The van der Waals surface area contributed by atoms with Crippen LogP contribution in [0.4, 0.5) is 11.4 Å². The molecular formula is C48H48N6O7. The predicted molar refractivity (Wildman–Crippen MR) is 231 cm³/mol. The van der Waals surface area contributed by atoms with E-state index in [-0.39, 0.29) is 44.4 Å². The number of nitrogens with one attached hydrogen (secondary N) is 6. The van der Waals surface area contributed by atoms with E-state index < -0.39 is 59.7 Å². The van der Waals surface area contributed by atoms with Crippen molar-refractivity contribution in [3.05, 3.63) is 156 Å². The summed E-state index contributed by atoms with van der Waals surface area (Å²) in [5.41, 5.74) is 6.31. The average molecular weight is 821 g/mol. The second kappa shape index (κ2) is 19.6. The van der Waals surface area contributed by atoms with Gasteiger partial charge in [0.1, 0.15) is 24.2 Å². The van der Waals surface area contributed by atoms with Crippen LogP contribution in [0.3, 0.4) is 0 Å². The van der Waals surface area contributed by atoms with Gasteiger partial charge in [0.2, 0.25) is 29.5 Å². The molecule has 1 unspecified atom stereocenters. The molecule has 3 aliphatic rings. The molecule has 5 atom stereocenters. The van der Waals surface area contributed by atoms with E-state index in [1.165, 1.54) is 0 Å². The van der Waals surface area contributed by atoms with Gasteiger partial charge in [-0.3, -0.25) is 24.0 Å². The normalized spacial score (nSPS) is 21.3. The third-order valence-electron chi connectivity index (χ3n) is 11.0. The number of carbonyl (C=O) groups excluding carboxylic acids is 5. The Labute approximate surface area is 353 Å². The highest BCUT2D eigenvalue weighted by Crippen LogP contribution is 2.34. The van der Waals surface area contributed by atoms with Crippen molar-refractivity contribution < 1.29 is 33.9 Å². The molecule has 312 valence electrons. The Morgan fingerprint density at radius 3 is 1.79 bits per heavy atom. The van der Waals surface area contributed by atoms with Crippen LogP contribution in [-0.4, -0.2) is 71.3 Å². The molecule has 5 amide bonds. The highest BCUT2D eigenvalue weighted by atomic mass is 16.4. The van der Waals surface area contributed by atoms with Crippen LogP contribution in [0.15, 0.2) is 133 Å². The summed E-state index contributed by atoms with van der Waals surface area (Å²) in [5.74, 6) is -4.42. The predicted octanol–water partition coefficient (Wildman–Crippen LogP) is 4.74. The first-order valence-corrected chi connectivity index (χ1v) is 20.4. The van der Waals surface area contributed by atoms with Crippen molar-refractivity contribution in [3.8, 4) is 11.1 Å². The second-order valence-corrected chi connectivity index (χ2v) is 15.4. The summed E-state index contributed by atoms with van der Waals surface area (Å²) in [5, 5.41) is 27.5. The van der Waals surface area contributed by atoms with Crippen LogP contribution >= 0.6 is 0 Å². The fourth-order valence-electron chi connectivity index (χ4n) is 7.75. The molecule has 8 rings (SSSR count). The quantitative estimate of drug-likeness (QED) is 0.109. The Kier molecular flexibility index (Phi) is 13.5. The Morgan fingerprint density at radius 2 is 1.11 bits per heavy atom. The molecule has 0 aromatic heterocycles. The minimum Gasteiger partial charge on any atom is -0.480 e. The maximum atomic E-state index is 14.6. The number of carboxylic acids is 1. The van der Waals surface area contributed by atoms with Gasteiger partial charge in [0.15, 0.2) is 0 Å². The van der Waals surface area contributed by atoms with Gasteiger partial charge >= 0.3 is 5.97 Å². The highest BCUT2D eigenvalue weighted by molar-refractivity contribution is 5.97. The van der Waals surface area contributed by atoms with Crippen molar-refractivity contribution in [3.63, 3.8) is 0 Å². The molecule has 3 aliphatic heterocycles. The molecule has 13 nitrogen and oxygen atoms in total. The summed E-state index contributed by atoms with van der Waals surface area (Å²) in [6, 6.07) is 35.7. The van der Waals surface area contributed by atoms with Gasteiger partial charge in [0, 0.05) is 55.9 Å². The van der Waals surface area contributed by atoms with Crippen LogP contribution in [-0.2, 0) is 48.0 Å². The van der Waals surface area contributed by atoms with Gasteiger partial charge in [0.25, 0.3) is 0 Å². The number of rotatable bonds is 8. The molecular weight excluding hydrogens is 773 g/mol. The lowest BCUT2D eigenvalue weighted by atomic mass is 9.93. The number of carboxylic acid groups (broad SMARTS) is 1. The number of carbonyl (C=O) groups is 6. The first-order chi connectivity index (χ1) is 29.6. The minimum atomic E-state index is -1.36. The summed E-state index contributed by atoms with van der Waals surface area (Å²) in [6.07, 6.45) is -0.222. The van der Waals surface area contributed by atoms with E-state index in [2.05, 4.69) is 31.9 Å². The van der Waals surface area contributed by atoms with E-state index in [1.807, 2.05) is 84.9 Å².